The van der Waals surface area contributed by atoms with Gasteiger partial charge in [0.05, 0.1) is 23.0 Å². The second kappa shape index (κ2) is 7.18. The lowest BCUT2D eigenvalue weighted by atomic mass is 10.1. The largest absolute Gasteiger partial charge is 0.467 e. The fourth-order valence-corrected chi connectivity index (χ4v) is 2.10. The number of esters is 1. The molecule has 0 aliphatic heterocycles. The van der Waals surface area contributed by atoms with Crippen molar-refractivity contribution in [2.75, 3.05) is 12.4 Å². The maximum absolute atomic E-state index is 12.0. The molecule has 0 heterocycles. The summed E-state index contributed by atoms with van der Waals surface area (Å²) < 4.78 is 4.72. The van der Waals surface area contributed by atoms with Crippen LogP contribution in [-0.2, 0) is 9.53 Å². The number of methoxy groups -OCH3 is 1. The number of nitrogens with zero attached hydrogens (tertiary/aromatic N) is 2. The van der Waals surface area contributed by atoms with Gasteiger partial charge in [-0.15, -0.1) is 0 Å². The highest BCUT2D eigenvalue weighted by molar-refractivity contribution is 5.82. The van der Waals surface area contributed by atoms with E-state index in [1.165, 1.54) is 13.2 Å². The first-order valence-electron chi connectivity index (χ1n) is 6.76. The number of nitro groups is 2. The predicted molar refractivity (Wildman–Crippen MR) is 84.6 cm³/mol. The summed E-state index contributed by atoms with van der Waals surface area (Å²) in [5.74, 6) is -0.645. The molecule has 1 atom stereocenters. The quantitative estimate of drug-likeness (QED) is 0.490. The number of rotatable bonds is 6. The van der Waals surface area contributed by atoms with Crippen molar-refractivity contribution in [2.45, 2.75) is 6.04 Å². The SMILES string of the molecule is COC(=O)C(Nc1ccc([N+](=O)[O-])cc1[N+](=O)[O-])c1ccccc1. The summed E-state index contributed by atoms with van der Waals surface area (Å²) in [6.45, 7) is 0. The van der Waals surface area contributed by atoms with E-state index in [0.717, 1.165) is 12.1 Å². The van der Waals surface area contributed by atoms with E-state index in [-0.39, 0.29) is 5.69 Å². The van der Waals surface area contributed by atoms with Crippen LogP contribution in [0.1, 0.15) is 11.6 Å². The summed E-state index contributed by atoms with van der Waals surface area (Å²) in [4.78, 5) is 32.5. The van der Waals surface area contributed by atoms with Gasteiger partial charge in [0.25, 0.3) is 11.4 Å². The van der Waals surface area contributed by atoms with Crippen molar-refractivity contribution in [3.8, 4) is 0 Å². The molecule has 1 unspecified atom stereocenters. The molecule has 0 saturated heterocycles. The highest BCUT2D eigenvalue weighted by Gasteiger charge is 2.26. The Labute approximate surface area is 136 Å². The van der Waals surface area contributed by atoms with Crippen LogP contribution in [0.2, 0.25) is 0 Å². The molecule has 124 valence electrons. The van der Waals surface area contributed by atoms with Crippen molar-refractivity contribution in [3.05, 3.63) is 74.3 Å². The number of carbonyl (C=O) groups is 1. The summed E-state index contributed by atoms with van der Waals surface area (Å²) in [5, 5.41) is 24.7. The smallest absolute Gasteiger partial charge is 0.332 e. The number of anilines is 1. The van der Waals surface area contributed by atoms with Crippen molar-refractivity contribution < 1.29 is 19.4 Å². The molecule has 9 nitrogen and oxygen atoms in total. The van der Waals surface area contributed by atoms with Gasteiger partial charge in [-0.1, -0.05) is 30.3 Å². The molecule has 0 spiro atoms. The average molecular weight is 331 g/mol. The summed E-state index contributed by atoms with van der Waals surface area (Å²) in [7, 11) is 1.20. The molecule has 0 aliphatic carbocycles. The molecule has 24 heavy (non-hydrogen) atoms. The van der Waals surface area contributed by atoms with Crippen molar-refractivity contribution in [1.29, 1.82) is 0 Å². The van der Waals surface area contributed by atoms with Gasteiger partial charge in [0.2, 0.25) is 0 Å². The molecule has 0 aromatic heterocycles. The summed E-state index contributed by atoms with van der Waals surface area (Å²) in [5.41, 5.74) is -0.405. The Morgan fingerprint density at radius 2 is 1.75 bits per heavy atom. The molecule has 0 fully saturated rings. The Hall–Kier alpha value is -3.49. The van der Waals surface area contributed by atoms with Crippen LogP contribution in [0.15, 0.2) is 48.5 Å². The molecule has 2 aromatic rings. The minimum atomic E-state index is -0.989. The third-order valence-electron chi connectivity index (χ3n) is 3.26. The normalized spacial score (nSPS) is 11.4. The number of nitrogens with one attached hydrogen (secondary N) is 1. The monoisotopic (exact) mass is 331 g/mol. The first-order valence-corrected chi connectivity index (χ1v) is 6.76. The van der Waals surface area contributed by atoms with Gasteiger partial charge in [0.1, 0.15) is 5.69 Å². The van der Waals surface area contributed by atoms with Crippen molar-refractivity contribution >= 4 is 23.0 Å². The van der Waals surface area contributed by atoms with Gasteiger partial charge in [-0.3, -0.25) is 20.2 Å². The standard InChI is InChI=1S/C15H13N3O6/c1-24-15(19)14(10-5-3-2-4-6-10)16-12-8-7-11(17(20)21)9-13(12)18(22)23/h2-9,14,16H,1H3. The molecule has 9 heteroatoms. The van der Waals surface area contributed by atoms with E-state index in [4.69, 9.17) is 4.74 Å². The van der Waals surface area contributed by atoms with E-state index >= 15 is 0 Å². The molecule has 0 amide bonds. The van der Waals surface area contributed by atoms with Crippen LogP contribution in [0, 0.1) is 20.2 Å². The van der Waals surface area contributed by atoms with Gasteiger partial charge in [0.15, 0.2) is 6.04 Å². The Bertz CT molecular complexity index is 778. The fraction of sp³-hybridized carbons (Fsp3) is 0.133. The number of carbonyl (C=O) groups excluding carboxylic acids is 1. The van der Waals surface area contributed by atoms with E-state index in [0.29, 0.717) is 5.56 Å². The lowest BCUT2D eigenvalue weighted by Gasteiger charge is -2.18. The van der Waals surface area contributed by atoms with Crippen LogP contribution in [0.3, 0.4) is 0 Å². The molecule has 0 saturated carbocycles. The maximum atomic E-state index is 12.0. The second-order valence-electron chi connectivity index (χ2n) is 4.73. The topological polar surface area (TPSA) is 125 Å². The minimum Gasteiger partial charge on any atom is -0.467 e. The van der Waals surface area contributed by atoms with Gasteiger partial charge >= 0.3 is 5.97 Å². The molecule has 1 N–H and O–H groups in total. The third kappa shape index (κ3) is 3.64. The molecule has 0 aliphatic rings. The van der Waals surface area contributed by atoms with Crippen molar-refractivity contribution in [2.24, 2.45) is 0 Å². The minimum absolute atomic E-state index is 0.0233. The van der Waals surface area contributed by atoms with Crippen molar-refractivity contribution in [1.82, 2.24) is 0 Å². The van der Waals surface area contributed by atoms with Gasteiger partial charge in [-0.25, -0.2) is 4.79 Å². The Kier molecular flexibility index (Phi) is 5.05. The summed E-state index contributed by atoms with van der Waals surface area (Å²) in [6, 6.07) is 10.6. The van der Waals surface area contributed by atoms with Crippen LogP contribution < -0.4 is 5.32 Å². The number of benzene rings is 2. The van der Waals surface area contributed by atoms with E-state index in [1.54, 1.807) is 30.3 Å². The van der Waals surface area contributed by atoms with E-state index < -0.39 is 33.2 Å². The first kappa shape index (κ1) is 16.9. The van der Waals surface area contributed by atoms with Gasteiger partial charge in [-0.05, 0) is 11.6 Å². The molecular weight excluding hydrogens is 318 g/mol. The Morgan fingerprint density at radius 1 is 1.08 bits per heavy atom. The zero-order valence-electron chi connectivity index (χ0n) is 12.5. The van der Waals surface area contributed by atoms with Crippen LogP contribution in [-0.4, -0.2) is 22.9 Å². The number of hydrogen-bond donors (Lipinski definition) is 1. The van der Waals surface area contributed by atoms with Gasteiger partial charge in [0, 0.05) is 6.07 Å². The zero-order chi connectivity index (χ0) is 17.7. The van der Waals surface area contributed by atoms with Gasteiger partial charge < -0.3 is 10.1 Å². The third-order valence-corrected chi connectivity index (χ3v) is 3.26. The summed E-state index contributed by atoms with van der Waals surface area (Å²) >= 11 is 0. The van der Waals surface area contributed by atoms with Crippen LogP contribution in [0.4, 0.5) is 17.1 Å². The highest BCUT2D eigenvalue weighted by Crippen LogP contribution is 2.32. The Morgan fingerprint density at radius 3 is 2.29 bits per heavy atom. The first-order chi connectivity index (χ1) is 11.4. The van der Waals surface area contributed by atoms with Crippen LogP contribution in [0.25, 0.3) is 0 Å². The van der Waals surface area contributed by atoms with Crippen LogP contribution >= 0.6 is 0 Å². The van der Waals surface area contributed by atoms with Crippen LogP contribution in [0.5, 0.6) is 0 Å². The Balaban J connectivity index is 2.44. The predicted octanol–water partition coefficient (Wildman–Crippen LogP) is 2.83. The lowest BCUT2D eigenvalue weighted by molar-refractivity contribution is -0.393. The number of nitro benzene ring substituents is 2. The molecular formula is C15H13N3O6. The fourth-order valence-electron chi connectivity index (χ4n) is 2.10. The molecule has 2 rings (SSSR count). The molecule has 0 radical (unpaired) electrons. The summed E-state index contributed by atoms with van der Waals surface area (Å²) in [6.07, 6.45) is 0. The average Bonchev–Trinajstić information content (AvgIpc) is 2.59. The van der Waals surface area contributed by atoms with E-state index in [1.807, 2.05) is 0 Å². The van der Waals surface area contributed by atoms with Gasteiger partial charge in [-0.2, -0.15) is 0 Å². The van der Waals surface area contributed by atoms with E-state index in [9.17, 15) is 25.0 Å². The number of hydrogen-bond acceptors (Lipinski definition) is 7. The maximum Gasteiger partial charge on any atom is 0.332 e. The van der Waals surface area contributed by atoms with Crippen molar-refractivity contribution in [3.63, 3.8) is 0 Å². The van der Waals surface area contributed by atoms with E-state index in [2.05, 4.69) is 5.32 Å². The lowest BCUT2D eigenvalue weighted by Crippen LogP contribution is -2.22. The highest BCUT2D eigenvalue weighted by atomic mass is 16.6. The zero-order valence-corrected chi connectivity index (χ0v) is 12.5. The molecule has 0 bridgehead atoms. The number of ether oxygens (including phenoxy) is 1. The number of non-ortho nitro benzene ring substituents is 1. The second-order valence-corrected chi connectivity index (χ2v) is 4.73. The molecule has 2 aromatic carbocycles.